The van der Waals surface area contributed by atoms with E-state index in [1.54, 1.807) is 6.07 Å². The predicted octanol–water partition coefficient (Wildman–Crippen LogP) is 2.39. The Bertz CT molecular complexity index is 532. The van der Waals surface area contributed by atoms with Gasteiger partial charge < -0.3 is 15.0 Å². The van der Waals surface area contributed by atoms with Crippen LogP contribution in [-0.2, 0) is 4.79 Å². The van der Waals surface area contributed by atoms with Crippen LogP contribution >= 0.6 is 0 Å². The number of carbonyl (C=O) groups excluding carboxylic acids is 1. The maximum atomic E-state index is 13.7. The van der Waals surface area contributed by atoms with E-state index in [1.807, 2.05) is 0 Å². The first-order valence-corrected chi connectivity index (χ1v) is 6.55. The Morgan fingerprint density at radius 2 is 2.26 bits per heavy atom. The Morgan fingerprint density at radius 3 is 3.00 bits per heavy atom. The van der Waals surface area contributed by atoms with Gasteiger partial charge in [-0.2, -0.15) is 0 Å². The zero-order valence-corrected chi connectivity index (χ0v) is 11.1. The molecule has 19 heavy (non-hydrogen) atoms. The maximum Gasteiger partial charge on any atom is 0.247 e. The van der Waals surface area contributed by atoms with Crippen LogP contribution in [0.15, 0.2) is 12.1 Å². The van der Waals surface area contributed by atoms with Crippen molar-refractivity contribution in [3.8, 4) is 5.75 Å². The standard InChI is InChI=1S/C14H17FN2O2/c1-8-3-4-17-11-7-13(19-2)9(15)6-10(11)16-14(18)12(17)5-8/h6-8,12H,3-5H2,1-2H3,(H,16,18). The number of amides is 1. The van der Waals surface area contributed by atoms with Gasteiger partial charge in [-0.05, 0) is 18.8 Å². The van der Waals surface area contributed by atoms with E-state index in [4.69, 9.17) is 4.74 Å². The van der Waals surface area contributed by atoms with Gasteiger partial charge in [0.2, 0.25) is 5.91 Å². The molecule has 1 N–H and O–H groups in total. The van der Waals surface area contributed by atoms with Crippen molar-refractivity contribution < 1.29 is 13.9 Å². The second-order valence-electron chi connectivity index (χ2n) is 5.33. The third-order valence-corrected chi connectivity index (χ3v) is 4.00. The minimum absolute atomic E-state index is 0.0383. The summed E-state index contributed by atoms with van der Waals surface area (Å²) >= 11 is 0. The molecule has 2 atom stereocenters. The Balaban J connectivity index is 2.05. The minimum Gasteiger partial charge on any atom is -0.494 e. The summed E-state index contributed by atoms with van der Waals surface area (Å²) in [6.07, 6.45) is 1.88. The molecule has 1 saturated heterocycles. The lowest BCUT2D eigenvalue weighted by Gasteiger charge is -2.43. The average Bonchev–Trinajstić information content (AvgIpc) is 2.38. The van der Waals surface area contributed by atoms with Crippen LogP contribution < -0.4 is 15.0 Å². The number of nitrogens with zero attached hydrogens (tertiary/aromatic N) is 1. The fraction of sp³-hybridized carbons (Fsp3) is 0.500. The number of nitrogens with one attached hydrogen (secondary N) is 1. The maximum absolute atomic E-state index is 13.7. The third kappa shape index (κ3) is 1.93. The summed E-state index contributed by atoms with van der Waals surface area (Å²) in [5, 5.41) is 2.80. The number of piperidine rings is 1. The Labute approximate surface area is 111 Å². The number of fused-ring (bicyclic) bond motifs is 3. The summed E-state index contributed by atoms with van der Waals surface area (Å²) in [6.45, 7) is 2.98. The van der Waals surface area contributed by atoms with Crippen molar-refractivity contribution >= 4 is 17.3 Å². The summed E-state index contributed by atoms with van der Waals surface area (Å²) in [5.74, 6) is 0.261. The van der Waals surface area contributed by atoms with Gasteiger partial charge in [0.15, 0.2) is 11.6 Å². The quantitative estimate of drug-likeness (QED) is 0.846. The zero-order chi connectivity index (χ0) is 13.6. The average molecular weight is 264 g/mol. The van der Waals surface area contributed by atoms with Gasteiger partial charge in [0, 0.05) is 18.7 Å². The minimum atomic E-state index is -0.453. The number of ether oxygens (including phenoxy) is 1. The first-order chi connectivity index (χ1) is 9.10. The fourth-order valence-electron chi connectivity index (χ4n) is 2.93. The van der Waals surface area contributed by atoms with Crippen molar-refractivity contribution in [1.82, 2.24) is 0 Å². The van der Waals surface area contributed by atoms with E-state index in [0.717, 1.165) is 25.1 Å². The molecule has 102 valence electrons. The lowest BCUT2D eigenvalue weighted by Crippen LogP contribution is -2.52. The molecule has 0 radical (unpaired) electrons. The van der Waals surface area contributed by atoms with E-state index < -0.39 is 5.82 Å². The Hall–Kier alpha value is -1.78. The number of halogens is 1. The summed E-state index contributed by atoms with van der Waals surface area (Å²) in [7, 11) is 1.45. The molecule has 1 amide bonds. The SMILES string of the molecule is COc1cc2c(cc1F)NC(=O)C1CC(C)CCN21. The fourth-order valence-corrected chi connectivity index (χ4v) is 2.93. The molecule has 2 aliphatic rings. The molecule has 4 nitrogen and oxygen atoms in total. The molecule has 1 fully saturated rings. The number of benzene rings is 1. The van der Waals surface area contributed by atoms with Gasteiger partial charge in [0.25, 0.3) is 0 Å². The predicted molar refractivity (Wildman–Crippen MR) is 71.1 cm³/mol. The normalized spacial score (nSPS) is 25.4. The summed E-state index contributed by atoms with van der Waals surface area (Å²) < 4.78 is 18.7. The van der Waals surface area contributed by atoms with Crippen molar-refractivity contribution in [1.29, 1.82) is 0 Å². The molecule has 5 heteroatoms. The second kappa shape index (κ2) is 4.40. The molecule has 2 heterocycles. The van der Waals surface area contributed by atoms with Crippen molar-refractivity contribution in [3.63, 3.8) is 0 Å². The molecule has 1 aromatic carbocycles. The van der Waals surface area contributed by atoms with Crippen LogP contribution in [0, 0.1) is 11.7 Å². The van der Waals surface area contributed by atoms with Gasteiger partial charge in [-0.3, -0.25) is 4.79 Å². The molecule has 0 aliphatic carbocycles. The highest BCUT2D eigenvalue weighted by atomic mass is 19.1. The largest absolute Gasteiger partial charge is 0.494 e. The molecule has 0 spiro atoms. The van der Waals surface area contributed by atoms with Crippen LogP contribution in [0.4, 0.5) is 15.8 Å². The number of carbonyl (C=O) groups is 1. The molecule has 2 unspecified atom stereocenters. The van der Waals surface area contributed by atoms with Crippen molar-refractivity contribution in [2.24, 2.45) is 5.92 Å². The highest BCUT2D eigenvalue weighted by Gasteiger charge is 2.37. The van der Waals surface area contributed by atoms with Gasteiger partial charge in [-0.25, -0.2) is 4.39 Å². The van der Waals surface area contributed by atoms with E-state index in [2.05, 4.69) is 17.1 Å². The third-order valence-electron chi connectivity index (χ3n) is 4.00. The van der Waals surface area contributed by atoms with Crippen LogP contribution in [0.25, 0.3) is 0 Å². The number of hydrogen-bond donors (Lipinski definition) is 1. The number of rotatable bonds is 1. The van der Waals surface area contributed by atoms with Gasteiger partial charge in [-0.1, -0.05) is 6.92 Å². The second-order valence-corrected chi connectivity index (χ2v) is 5.33. The molecular weight excluding hydrogens is 247 g/mol. The van der Waals surface area contributed by atoms with Crippen LogP contribution in [0.1, 0.15) is 19.8 Å². The van der Waals surface area contributed by atoms with E-state index in [9.17, 15) is 9.18 Å². The number of anilines is 2. The molecule has 0 bridgehead atoms. The highest BCUT2D eigenvalue weighted by molar-refractivity contribution is 6.04. The zero-order valence-electron chi connectivity index (χ0n) is 11.1. The molecule has 3 rings (SSSR count). The summed E-state index contributed by atoms with van der Waals surface area (Å²) in [4.78, 5) is 14.2. The van der Waals surface area contributed by atoms with Crippen LogP contribution in [-0.4, -0.2) is 25.6 Å². The van der Waals surface area contributed by atoms with Crippen molar-refractivity contribution in [2.45, 2.75) is 25.8 Å². The van der Waals surface area contributed by atoms with Crippen LogP contribution in [0.3, 0.4) is 0 Å². The van der Waals surface area contributed by atoms with Gasteiger partial charge >= 0.3 is 0 Å². The van der Waals surface area contributed by atoms with Crippen LogP contribution in [0.5, 0.6) is 5.75 Å². The first kappa shape index (κ1) is 12.3. The van der Waals surface area contributed by atoms with Crippen molar-refractivity contribution in [3.05, 3.63) is 17.9 Å². The molecule has 0 aromatic heterocycles. The van der Waals surface area contributed by atoms with Gasteiger partial charge in [0.05, 0.1) is 18.5 Å². The molecule has 2 aliphatic heterocycles. The highest BCUT2D eigenvalue weighted by Crippen LogP contribution is 2.40. The molecular formula is C14H17FN2O2. The van der Waals surface area contributed by atoms with E-state index in [0.29, 0.717) is 11.6 Å². The van der Waals surface area contributed by atoms with Crippen molar-refractivity contribution in [2.75, 3.05) is 23.9 Å². The monoisotopic (exact) mass is 264 g/mol. The van der Waals surface area contributed by atoms with E-state index in [-0.39, 0.29) is 17.7 Å². The topological polar surface area (TPSA) is 41.6 Å². The summed E-state index contributed by atoms with van der Waals surface area (Å²) in [6, 6.07) is 2.86. The summed E-state index contributed by atoms with van der Waals surface area (Å²) in [5.41, 5.74) is 1.39. The number of methoxy groups -OCH3 is 1. The van der Waals surface area contributed by atoms with Gasteiger partial charge in [0.1, 0.15) is 6.04 Å². The Kier molecular flexibility index (Phi) is 2.84. The van der Waals surface area contributed by atoms with E-state index >= 15 is 0 Å². The lowest BCUT2D eigenvalue weighted by atomic mass is 9.90. The molecule has 0 saturated carbocycles. The van der Waals surface area contributed by atoms with E-state index in [1.165, 1.54) is 13.2 Å². The first-order valence-electron chi connectivity index (χ1n) is 6.55. The smallest absolute Gasteiger partial charge is 0.247 e. The van der Waals surface area contributed by atoms with Gasteiger partial charge in [-0.15, -0.1) is 0 Å². The van der Waals surface area contributed by atoms with Crippen LogP contribution in [0.2, 0.25) is 0 Å². The molecule has 1 aromatic rings. The lowest BCUT2D eigenvalue weighted by molar-refractivity contribution is -0.118. The number of hydrogen-bond acceptors (Lipinski definition) is 3. The Morgan fingerprint density at radius 1 is 1.47 bits per heavy atom.